The Kier molecular flexibility index (Phi) is 4.61. The van der Waals surface area contributed by atoms with Crippen LogP contribution < -0.4 is 0 Å². The number of carboxylic acids is 2. The van der Waals surface area contributed by atoms with Crippen LogP contribution in [0.4, 0.5) is 0 Å². The van der Waals surface area contributed by atoms with Crippen LogP contribution in [0.2, 0.25) is 5.02 Å². The molecule has 2 N–H and O–H groups in total. The van der Waals surface area contributed by atoms with Crippen molar-refractivity contribution >= 4 is 29.4 Å². The van der Waals surface area contributed by atoms with E-state index < -0.39 is 30.9 Å². The molecule has 96 valence electrons. The topological polar surface area (TPSA) is 108 Å². The zero-order valence-corrected chi connectivity index (χ0v) is 9.79. The van der Waals surface area contributed by atoms with E-state index in [0.717, 1.165) is 6.20 Å². The number of hydrogen-bond donors (Lipinski definition) is 2. The van der Waals surface area contributed by atoms with Gasteiger partial charge in [0.25, 0.3) is 5.91 Å². The molecule has 0 aliphatic rings. The van der Waals surface area contributed by atoms with Crippen LogP contribution in [0.15, 0.2) is 18.5 Å². The number of aromatic nitrogens is 1. The van der Waals surface area contributed by atoms with Gasteiger partial charge in [-0.05, 0) is 6.07 Å². The molecule has 1 aromatic rings. The summed E-state index contributed by atoms with van der Waals surface area (Å²) in [5.74, 6) is -3.42. The van der Waals surface area contributed by atoms with Crippen molar-refractivity contribution in [3.05, 3.63) is 29.0 Å². The molecule has 0 saturated carbocycles. The monoisotopic (exact) mass is 272 g/mol. The van der Waals surface area contributed by atoms with E-state index in [1.165, 1.54) is 12.3 Å². The number of halogens is 1. The second-order valence-corrected chi connectivity index (χ2v) is 3.71. The first kappa shape index (κ1) is 13.9. The van der Waals surface area contributed by atoms with Crippen molar-refractivity contribution in [1.29, 1.82) is 0 Å². The smallest absolute Gasteiger partial charge is 0.323 e. The molecule has 1 rings (SSSR count). The highest BCUT2D eigenvalue weighted by molar-refractivity contribution is 6.33. The lowest BCUT2D eigenvalue weighted by Gasteiger charge is -2.18. The Morgan fingerprint density at radius 1 is 1.22 bits per heavy atom. The number of pyridine rings is 1. The average molecular weight is 273 g/mol. The molecule has 1 amide bonds. The number of amides is 1. The summed E-state index contributed by atoms with van der Waals surface area (Å²) in [6, 6.07) is 1.36. The van der Waals surface area contributed by atoms with Crippen molar-refractivity contribution in [3.63, 3.8) is 0 Å². The number of nitrogens with zero attached hydrogens (tertiary/aromatic N) is 2. The lowest BCUT2D eigenvalue weighted by Crippen LogP contribution is -2.39. The molecule has 0 unspecified atom stereocenters. The quantitative estimate of drug-likeness (QED) is 0.800. The van der Waals surface area contributed by atoms with Crippen LogP contribution in [0.5, 0.6) is 0 Å². The highest BCUT2D eigenvalue weighted by Gasteiger charge is 2.22. The number of carbonyl (C=O) groups is 3. The van der Waals surface area contributed by atoms with Gasteiger partial charge in [-0.1, -0.05) is 11.6 Å². The van der Waals surface area contributed by atoms with Crippen molar-refractivity contribution in [2.24, 2.45) is 0 Å². The molecule has 0 saturated heterocycles. The number of carboxylic acid groups (broad SMARTS) is 2. The van der Waals surface area contributed by atoms with Gasteiger partial charge in [-0.3, -0.25) is 19.4 Å². The minimum absolute atomic E-state index is 0.0401. The molecule has 0 aliphatic heterocycles. The Balaban J connectivity index is 2.98. The fourth-order valence-corrected chi connectivity index (χ4v) is 1.42. The van der Waals surface area contributed by atoms with E-state index in [1.807, 2.05) is 0 Å². The summed E-state index contributed by atoms with van der Waals surface area (Å²) in [6.07, 6.45) is 2.51. The van der Waals surface area contributed by atoms with Crippen LogP contribution >= 0.6 is 11.6 Å². The first-order valence-electron chi connectivity index (χ1n) is 4.74. The Bertz CT molecular complexity index is 475. The van der Waals surface area contributed by atoms with Gasteiger partial charge in [-0.15, -0.1) is 0 Å². The number of aliphatic carboxylic acids is 2. The number of rotatable bonds is 5. The third kappa shape index (κ3) is 3.70. The molecule has 8 heteroatoms. The van der Waals surface area contributed by atoms with Crippen molar-refractivity contribution < 1.29 is 24.6 Å². The summed E-state index contributed by atoms with van der Waals surface area (Å²) in [4.78, 5) is 37.4. The summed E-state index contributed by atoms with van der Waals surface area (Å²) in [7, 11) is 0. The summed E-state index contributed by atoms with van der Waals surface area (Å²) >= 11 is 5.75. The zero-order chi connectivity index (χ0) is 13.7. The first-order chi connectivity index (χ1) is 8.41. The standard InChI is InChI=1S/C10H9ClN2O5/c11-7-1-2-12-3-6(7)10(18)13(4-8(14)15)5-9(16)17/h1-3H,4-5H2,(H,14,15)(H,16,17). The van der Waals surface area contributed by atoms with Gasteiger partial charge >= 0.3 is 11.9 Å². The van der Waals surface area contributed by atoms with Crippen LogP contribution in [0.25, 0.3) is 0 Å². The van der Waals surface area contributed by atoms with Gasteiger partial charge in [0, 0.05) is 12.4 Å². The van der Waals surface area contributed by atoms with E-state index >= 15 is 0 Å². The van der Waals surface area contributed by atoms with Crippen molar-refractivity contribution in [1.82, 2.24) is 9.88 Å². The van der Waals surface area contributed by atoms with Crippen LogP contribution in [0.3, 0.4) is 0 Å². The van der Waals surface area contributed by atoms with Crippen LogP contribution in [0, 0.1) is 0 Å². The largest absolute Gasteiger partial charge is 0.480 e. The van der Waals surface area contributed by atoms with Crippen LogP contribution in [0.1, 0.15) is 10.4 Å². The third-order valence-electron chi connectivity index (χ3n) is 1.94. The second-order valence-electron chi connectivity index (χ2n) is 3.30. The molecule has 7 nitrogen and oxygen atoms in total. The molecule has 1 aromatic heterocycles. The van der Waals surface area contributed by atoms with E-state index in [-0.39, 0.29) is 10.6 Å². The first-order valence-corrected chi connectivity index (χ1v) is 5.12. The molecule has 18 heavy (non-hydrogen) atoms. The summed E-state index contributed by atoms with van der Waals surface area (Å²) in [6.45, 7) is -1.45. The summed E-state index contributed by atoms with van der Waals surface area (Å²) in [5, 5.41) is 17.3. The lowest BCUT2D eigenvalue weighted by molar-refractivity contribution is -0.140. The van der Waals surface area contributed by atoms with Crippen molar-refractivity contribution in [3.8, 4) is 0 Å². The molecule has 0 atom stereocenters. The van der Waals surface area contributed by atoms with Gasteiger partial charge in [-0.2, -0.15) is 0 Å². The Morgan fingerprint density at radius 2 is 1.78 bits per heavy atom. The molecular weight excluding hydrogens is 264 g/mol. The Morgan fingerprint density at radius 3 is 2.22 bits per heavy atom. The van der Waals surface area contributed by atoms with Crippen molar-refractivity contribution in [2.75, 3.05) is 13.1 Å². The van der Waals surface area contributed by atoms with Crippen LogP contribution in [-0.4, -0.2) is 51.0 Å². The Hall–Kier alpha value is -2.15. The molecule has 0 bridgehead atoms. The molecule has 0 fully saturated rings. The maximum Gasteiger partial charge on any atom is 0.323 e. The molecule has 0 aromatic carbocycles. The van der Waals surface area contributed by atoms with Gasteiger partial charge in [0.1, 0.15) is 13.1 Å². The van der Waals surface area contributed by atoms with Gasteiger partial charge < -0.3 is 15.1 Å². The van der Waals surface area contributed by atoms with Gasteiger partial charge in [0.2, 0.25) is 0 Å². The number of hydrogen-bond acceptors (Lipinski definition) is 4. The van der Waals surface area contributed by atoms with E-state index in [4.69, 9.17) is 21.8 Å². The highest BCUT2D eigenvalue weighted by Crippen LogP contribution is 2.15. The van der Waals surface area contributed by atoms with E-state index in [9.17, 15) is 14.4 Å². The molecular formula is C10H9ClN2O5. The van der Waals surface area contributed by atoms with Gasteiger partial charge in [-0.25, -0.2) is 0 Å². The highest BCUT2D eigenvalue weighted by atomic mass is 35.5. The van der Waals surface area contributed by atoms with Gasteiger partial charge in [0.15, 0.2) is 0 Å². The van der Waals surface area contributed by atoms with Gasteiger partial charge in [0.05, 0.1) is 10.6 Å². The summed E-state index contributed by atoms with van der Waals surface area (Å²) < 4.78 is 0. The maximum absolute atomic E-state index is 11.9. The molecule has 1 heterocycles. The summed E-state index contributed by atoms with van der Waals surface area (Å²) in [5.41, 5.74) is -0.0401. The fourth-order valence-electron chi connectivity index (χ4n) is 1.23. The maximum atomic E-state index is 11.9. The van der Waals surface area contributed by atoms with E-state index in [1.54, 1.807) is 0 Å². The SMILES string of the molecule is O=C(O)CN(CC(=O)O)C(=O)c1cnccc1Cl. The fraction of sp³-hybridized carbons (Fsp3) is 0.200. The number of carbonyl (C=O) groups excluding carboxylic acids is 1. The molecule has 0 aliphatic carbocycles. The molecule has 0 radical (unpaired) electrons. The molecule has 0 spiro atoms. The van der Waals surface area contributed by atoms with Crippen LogP contribution in [-0.2, 0) is 9.59 Å². The minimum Gasteiger partial charge on any atom is -0.480 e. The zero-order valence-electron chi connectivity index (χ0n) is 9.04. The Labute approximate surface area is 107 Å². The predicted octanol–water partition coefficient (Wildman–Crippen LogP) is 0.346. The predicted molar refractivity (Wildman–Crippen MR) is 60.4 cm³/mol. The average Bonchev–Trinajstić information content (AvgIpc) is 2.26. The van der Waals surface area contributed by atoms with Crippen molar-refractivity contribution in [2.45, 2.75) is 0 Å². The normalized spacial score (nSPS) is 9.83. The van der Waals surface area contributed by atoms with E-state index in [2.05, 4.69) is 4.98 Å². The lowest BCUT2D eigenvalue weighted by atomic mass is 10.2. The third-order valence-corrected chi connectivity index (χ3v) is 2.27. The van der Waals surface area contributed by atoms with E-state index in [0.29, 0.717) is 4.90 Å². The minimum atomic E-state index is -1.32. The second kappa shape index (κ2) is 5.97.